The number of nitrogens with one attached hydrogen (secondary N) is 1. The summed E-state index contributed by atoms with van der Waals surface area (Å²) in [6.07, 6.45) is 7.40. The first-order chi connectivity index (χ1) is 14.2. The van der Waals surface area contributed by atoms with Gasteiger partial charge in [0.2, 0.25) is 10.0 Å². The average molecular weight is 469 g/mol. The van der Waals surface area contributed by atoms with E-state index >= 15 is 0 Å². The third kappa shape index (κ3) is 7.52. The summed E-state index contributed by atoms with van der Waals surface area (Å²) < 4.78 is 24.9. The molecule has 0 spiro atoms. The molecule has 1 N–H and O–H groups in total. The number of benzene rings is 2. The van der Waals surface area contributed by atoms with Crippen LogP contribution in [0.2, 0.25) is 5.02 Å². The van der Waals surface area contributed by atoms with E-state index in [1.165, 1.54) is 51.3 Å². The van der Waals surface area contributed by atoms with E-state index in [-0.39, 0.29) is 11.3 Å². The second kappa shape index (κ2) is 11.6. The Balaban J connectivity index is 2.01. The van der Waals surface area contributed by atoms with Gasteiger partial charge in [0.15, 0.2) is 0 Å². The van der Waals surface area contributed by atoms with Gasteiger partial charge in [0.1, 0.15) is 0 Å². The Morgan fingerprint density at radius 3 is 2.37 bits per heavy atom. The maximum absolute atomic E-state index is 12.8. The normalized spacial score (nSPS) is 11.3. The molecule has 5 nitrogen and oxygen atoms in total. The maximum Gasteiger partial charge on any atom is 0.257 e. The molecule has 2 aromatic carbocycles. The minimum absolute atomic E-state index is 0.234. The molecule has 0 bridgehead atoms. The molecule has 0 heterocycles. The average Bonchev–Trinajstić information content (AvgIpc) is 2.70. The number of thioether (sulfide) groups is 1. The molecule has 1 amide bonds. The highest BCUT2D eigenvalue weighted by molar-refractivity contribution is 7.99. The van der Waals surface area contributed by atoms with Crippen molar-refractivity contribution in [2.75, 3.05) is 28.7 Å². The van der Waals surface area contributed by atoms with Crippen LogP contribution < -0.4 is 9.62 Å². The van der Waals surface area contributed by atoms with Crippen molar-refractivity contribution in [2.45, 2.75) is 43.9 Å². The number of sulfonamides is 1. The number of carbonyl (C=O) groups excluding carboxylic acids is 1. The molecule has 164 valence electrons. The predicted octanol–water partition coefficient (Wildman–Crippen LogP) is 6.05. The summed E-state index contributed by atoms with van der Waals surface area (Å²) in [5.41, 5.74) is 1.12. The Hall–Kier alpha value is -1.70. The number of hydrogen-bond acceptors (Lipinski definition) is 4. The van der Waals surface area contributed by atoms with Gasteiger partial charge >= 0.3 is 0 Å². The molecule has 0 aromatic heterocycles. The second-order valence-corrected chi connectivity index (χ2v) is 10.8. The van der Waals surface area contributed by atoms with Crippen molar-refractivity contribution >= 4 is 50.7 Å². The number of nitrogens with zero attached hydrogens (tertiary/aromatic N) is 1. The molecular formula is C22H29ClN2O3S2. The number of anilines is 2. The molecule has 0 saturated heterocycles. The van der Waals surface area contributed by atoms with Crippen LogP contribution in [0.5, 0.6) is 0 Å². The van der Waals surface area contributed by atoms with Crippen LogP contribution in [0.25, 0.3) is 0 Å². The van der Waals surface area contributed by atoms with E-state index in [1.807, 2.05) is 36.0 Å². The highest BCUT2D eigenvalue weighted by atomic mass is 35.5. The summed E-state index contributed by atoms with van der Waals surface area (Å²) in [4.78, 5) is 13.9. The van der Waals surface area contributed by atoms with Gasteiger partial charge in [-0.15, -0.1) is 11.8 Å². The lowest BCUT2D eigenvalue weighted by molar-refractivity contribution is 0.102. The summed E-state index contributed by atoms with van der Waals surface area (Å²) >= 11 is 7.83. The summed E-state index contributed by atoms with van der Waals surface area (Å²) in [6.45, 7) is 2.22. The van der Waals surface area contributed by atoms with E-state index in [0.717, 1.165) is 21.2 Å². The fourth-order valence-corrected chi connectivity index (χ4v) is 4.45. The van der Waals surface area contributed by atoms with Crippen LogP contribution >= 0.6 is 23.4 Å². The fourth-order valence-electron chi connectivity index (χ4n) is 2.86. The van der Waals surface area contributed by atoms with Gasteiger partial charge in [0.25, 0.3) is 5.91 Å². The van der Waals surface area contributed by atoms with E-state index in [0.29, 0.717) is 10.7 Å². The highest BCUT2D eigenvalue weighted by Gasteiger charge is 2.20. The van der Waals surface area contributed by atoms with Crippen LogP contribution in [0.15, 0.2) is 47.4 Å². The van der Waals surface area contributed by atoms with E-state index in [4.69, 9.17) is 11.6 Å². The zero-order valence-electron chi connectivity index (χ0n) is 17.7. The largest absolute Gasteiger partial charge is 0.322 e. The van der Waals surface area contributed by atoms with E-state index in [2.05, 4.69) is 12.2 Å². The van der Waals surface area contributed by atoms with Crippen molar-refractivity contribution in [3.05, 3.63) is 53.1 Å². The van der Waals surface area contributed by atoms with Crippen LogP contribution in [0.3, 0.4) is 0 Å². The minimum atomic E-state index is -3.53. The van der Waals surface area contributed by atoms with Crippen LogP contribution in [-0.2, 0) is 10.0 Å². The molecule has 8 heteroatoms. The van der Waals surface area contributed by atoms with Gasteiger partial charge in [0.05, 0.1) is 17.5 Å². The number of hydrogen-bond donors (Lipinski definition) is 1. The number of unbranched alkanes of at least 4 members (excludes halogenated alkanes) is 4. The molecule has 30 heavy (non-hydrogen) atoms. The molecule has 0 radical (unpaired) electrons. The first-order valence-corrected chi connectivity index (χ1v) is 13.2. The molecule has 0 fully saturated rings. The van der Waals surface area contributed by atoms with E-state index in [9.17, 15) is 13.2 Å². The Labute approximate surface area is 189 Å². The lowest BCUT2D eigenvalue weighted by Gasteiger charge is -2.20. The Morgan fingerprint density at radius 2 is 1.73 bits per heavy atom. The number of carbonyl (C=O) groups is 1. The molecule has 2 rings (SSSR count). The van der Waals surface area contributed by atoms with Crippen LogP contribution in [0.4, 0.5) is 11.4 Å². The number of rotatable bonds is 11. The van der Waals surface area contributed by atoms with Gasteiger partial charge in [-0.3, -0.25) is 9.10 Å². The highest BCUT2D eigenvalue weighted by Crippen LogP contribution is 2.27. The van der Waals surface area contributed by atoms with Crippen molar-refractivity contribution in [1.29, 1.82) is 0 Å². The smallest absolute Gasteiger partial charge is 0.257 e. The predicted molar refractivity (Wildman–Crippen MR) is 129 cm³/mol. The van der Waals surface area contributed by atoms with Crippen LogP contribution in [0, 0.1) is 0 Å². The van der Waals surface area contributed by atoms with Gasteiger partial charge in [0, 0.05) is 22.7 Å². The van der Waals surface area contributed by atoms with Gasteiger partial charge in [-0.1, -0.05) is 44.2 Å². The molecule has 0 aliphatic rings. The topological polar surface area (TPSA) is 66.5 Å². The summed E-state index contributed by atoms with van der Waals surface area (Å²) in [7, 11) is -2.14. The number of halogens is 1. The van der Waals surface area contributed by atoms with Gasteiger partial charge in [-0.25, -0.2) is 8.42 Å². The Morgan fingerprint density at radius 1 is 1.07 bits per heavy atom. The Kier molecular flexibility index (Phi) is 9.52. The monoisotopic (exact) mass is 468 g/mol. The van der Waals surface area contributed by atoms with Crippen molar-refractivity contribution in [3.8, 4) is 0 Å². The van der Waals surface area contributed by atoms with Crippen molar-refractivity contribution in [2.24, 2.45) is 0 Å². The lowest BCUT2D eigenvalue weighted by atomic mass is 10.1. The van der Waals surface area contributed by atoms with Gasteiger partial charge < -0.3 is 5.32 Å². The third-order valence-corrected chi connectivity index (χ3v) is 7.19. The quantitative estimate of drug-likeness (QED) is 0.322. The van der Waals surface area contributed by atoms with Crippen molar-refractivity contribution in [3.63, 3.8) is 0 Å². The molecular weight excluding hydrogens is 440 g/mol. The Bertz CT molecular complexity index is 947. The second-order valence-electron chi connectivity index (χ2n) is 7.13. The molecule has 2 aromatic rings. The van der Waals surface area contributed by atoms with Crippen LogP contribution in [0.1, 0.15) is 49.4 Å². The van der Waals surface area contributed by atoms with Gasteiger partial charge in [-0.05, 0) is 54.6 Å². The first kappa shape index (κ1) is 24.6. The zero-order valence-corrected chi connectivity index (χ0v) is 20.0. The summed E-state index contributed by atoms with van der Waals surface area (Å²) in [5.74, 6) is 0.690. The van der Waals surface area contributed by atoms with Gasteiger partial charge in [-0.2, -0.15) is 0 Å². The maximum atomic E-state index is 12.8. The fraction of sp³-hybridized carbons (Fsp3) is 0.409. The summed E-state index contributed by atoms with van der Waals surface area (Å²) in [6, 6.07) is 12.2. The standard InChI is InChI=1S/C22H29ClN2O3S2/c1-4-5-6-7-8-15-29-19-12-10-18(11-13-19)24-22(26)20-14-9-17(23)16-21(20)25(2)30(3,27)28/h9-14,16H,4-8,15H2,1-3H3,(H,24,26). The lowest BCUT2D eigenvalue weighted by Crippen LogP contribution is -2.27. The SMILES string of the molecule is CCCCCCCSc1ccc(NC(=O)c2ccc(Cl)cc2N(C)S(C)(=O)=O)cc1. The third-order valence-electron chi connectivity index (χ3n) is 4.67. The minimum Gasteiger partial charge on any atom is -0.322 e. The number of amides is 1. The van der Waals surface area contributed by atoms with Crippen molar-refractivity contribution in [1.82, 2.24) is 0 Å². The zero-order chi connectivity index (χ0) is 22.1. The molecule has 0 atom stereocenters. The summed E-state index contributed by atoms with van der Waals surface area (Å²) in [5, 5.41) is 3.18. The van der Waals surface area contributed by atoms with E-state index in [1.54, 1.807) is 6.07 Å². The molecule has 0 saturated carbocycles. The molecule has 0 aliphatic heterocycles. The molecule has 0 unspecified atom stereocenters. The first-order valence-electron chi connectivity index (χ1n) is 10.00. The van der Waals surface area contributed by atoms with E-state index < -0.39 is 15.9 Å². The van der Waals surface area contributed by atoms with Crippen molar-refractivity contribution < 1.29 is 13.2 Å². The molecule has 0 aliphatic carbocycles. The van der Waals surface area contributed by atoms with Crippen LogP contribution in [-0.4, -0.2) is 33.4 Å².